The Morgan fingerprint density at radius 1 is 1.35 bits per heavy atom. The number of carbonyl (C=O) groups excluding carboxylic acids is 1. The zero-order chi connectivity index (χ0) is 14.2. The summed E-state index contributed by atoms with van der Waals surface area (Å²) in [5.41, 5.74) is 2.22. The molecule has 1 amide bonds. The van der Waals surface area contributed by atoms with Gasteiger partial charge in [-0.1, -0.05) is 12.1 Å². The van der Waals surface area contributed by atoms with Gasteiger partial charge in [0.05, 0.1) is 5.69 Å². The lowest BCUT2D eigenvalue weighted by Crippen LogP contribution is -2.26. The smallest absolute Gasteiger partial charge is 0.253 e. The van der Waals surface area contributed by atoms with Crippen LogP contribution in [0.2, 0.25) is 0 Å². The lowest BCUT2D eigenvalue weighted by molar-refractivity contribution is 0.0895. The minimum absolute atomic E-state index is 0.0220. The van der Waals surface area contributed by atoms with Crippen LogP contribution in [-0.4, -0.2) is 28.6 Å². The average Bonchev–Trinajstić information content (AvgIpc) is 2.84. The molecule has 0 saturated heterocycles. The molecule has 1 fully saturated rings. The summed E-state index contributed by atoms with van der Waals surface area (Å²) in [6.07, 6.45) is 1.51. The molecule has 1 saturated carbocycles. The summed E-state index contributed by atoms with van der Waals surface area (Å²) in [7, 11) is 0. The molecule has 4 nitrogen and oxygen atoms in total. The van der Waals surface area contributed by atoms with E-state index in [9.17, 15) is 13.6 Å². The summed E-state index contributed by atoms with van der Waals surface area (Å²) < 4.78 is 25.4. The standard InChI is InChI=1S/C14H13F2N3O/c15-14(16)7-11(14)8-17-13(20)10-3-1-9(2-4-10)12-5-6-18-19-12/h1-6,11H,7-8H2,(H,17,20)(H,18,19). The number of aromatic amines is 1. The third-order valence-electron chi connectivity index (χ3n) is 3.42. The molecule has 0 bridgehead atoms. The van der Waals surface area contributed by atoms with Gasteiger partial charge >= 0.3 is 0 Å². The monoisotopic (exact) mass is 277 g/mol. The van der Waals surface area contributed by atoms with Crippen LogP contribution in [0.1, 0.15) is 16.8 Å². The van der Waals surface area contributed by atoms with E-state index in [0.29, 0.717) is 5.56 Å². The van der Waals surface area contributed by atoms with E-state index in [1.165, 1.54) is 0 Å². The molecule has 1 aliphatic carbocycles. The van der Waals surface area contributed by atoms with E-state index < -0.39 is 11.8 Å². The van der Waals surface area contributed by atoms with Gasteiger partial charge in [0, 0.05) is 30.6 Å². The van der Waals surface area contributed by atoms with E-state index in [4.69, 9.17) is 0 Å². The molecular formula is C14H13F2N3O. The molecule has 1 unspecified atom stereocenters. The molecule has 6 heteroatoms. The van der Waals surface area contributed by atoms with Crippen molar-refractivity contribution in [3.63, 3.8) is 0 Å². The van der Waals surface area contributed by atoms with Gasteiger partial charge in [0.1, 0.15) is 0 Å². The number of hydrogen-bond donors (Lipinski definition) is 2. The van der Waals surface area contributed by atoms with E-state index >= 15 is 0 Å². The van der Waals surface area contributed by atoms with E-state index in [1.807, 2.05) is 6.07 Å². The van der Waals surface area contributed by atoms with Crippen LogP contribution in [-0.2, 0) is 0 Å². The second-order valence-corrected chi connectivity index (χ2v) is 4.92. The van der Waals surface area contributed by atoms with Crippen molar-refractivity contribution in [3.8, 4) is 11.3 Å². The Hall–Kier alpha value is -2.24. The average molecular weight is 277 g/mol. The molecule has 1 aromatic carbocycles. The number of benzene rings is 1. The second kappa shape index (κ2) is 4.70. The van der Waals surface area contributed by atoms with E-state index in [2.05, 4.69) is 15.5 Å². The quantitative estimate of drug-likeness (QED) is 0.902. The maximum absolute atomic E-state index is 12.7. The topological polar surface area (TPSA) is 57.8 Å². The minimum Gasteiger partial charge on any atom is -0.352 e. The maximum atomic E-state index is 12.7. The molecule has 1 heterocycles. The summed E-state index contributed by atoms with van der Waals surface area (Å²) in [5.74, 6) is -3.64. The first-order valence-electron chi connectivity index (χ1n) is 6.32. The Morgan fingerprint density at radius 3 is 2.60 bits per heavy atom. The summed E-state index contributed by atoms with van der Waals surface area (Å²) >= 11 is 0. The van der Waals surface area contributed by atoms with E-state index in [0.717, 1.165) is 11.3 Å². The van der Waals surface area contributed by atoms with Gasteiger partial charge in [-0.15, -0.1) is 0 Å². The van der Waals surface area contributed by atoms with Crippen molar-refractivity contribution in [1.29, 1.82) is 0 Å². The lowest BCUT2D eigenvalue weighted by Gasteiger charge is -2.05. The molecular weight excluding hydrogens is 264 g/mol. The zero-order valence-electron chi connectivity index (χ0n) is 10.6. The Balaban J connectivity index is 1.61. The van der Waals surface area contributed by atoms with Gasteiger partial charge in [-0.3, -0.25) is 9.89 Å². The molecule has 0 radical (unpaired) electrons. The summed E-state index contributed by atoms with van der Waals surface area (Å²) in [6, 6.07) is 8.72. The Labute approximate surface area is 114 Å². The summed E-state index contributed by atoms with van der Waals surface area (Å²) in [4.78, 5) is 11.8. The highest BCUT2D eigenvalue weighted by Crippen LogP contribution is 2.47. The van der Waals surface area contributed by atoms with Gasteiger partial charge in [-0.2, -0.15) is 5.10 Å². The highest BCUT2D eigenvalue weighted by Gasteiger charge is 2.56. The predicted octanol–water partition coefficient (Wildman–Crippen LogP) is 2.46. The molecule has 1 aliphatic rings. The van der Waals surface area contributed by atoms with Gasteiger partial charge in [0.25, 0.3) is 11.8 Å². The van der Waals surface area contributed by atoms with E-state index in [-0.39, 0.29) is 18.9 Å². The molecule has 1 aromatic heterocycles. The van der Waals surface area contributed by atoms with Gasteiger partial charge in [-0.25, -0.2) is 8.78 Å². The van der Waals surface area contributed by atoms with Crippen LogP contribution in [0.15, 0.2) is 36.5 Å². The fraction of sp³-hybridized carbons (Fsp3) is 0.286. The molecule has 2 aromatic rings. The molecule has 0 aliphatic heterocycles. The van der Waals surface area contributed by atoms with Crippen LogP contribution in [0, 0.1) is 5.92 Å². The molecule has 3 rings (SSSR count). The number of H-pyrrole nitrogens is 1. The number of nitrogens with one attached hydrogen (secondary N) is 2. The summed E-state index contributed by atoms with van der Waals surface area (Å²) in [6.45, 7) is 0.0220. The summed E-state index contributed by atoms with van der Waals surface area (Å²) in [5, 5.41) is 9.21. The van der Waals surface area contributed by atoms with Crippen LogP contribution in [0.5, 0.6) is 0 Å². The normalized spacial score (nSPS) is 19.6. The van der Waals surface area contributed by atoms with Crippen LogP contribution < -0.4 is 5.32 Å². The van der Waals surface area contributed by atoms with Crippen molar-refractivity contribution in [2.75, 3.05) is 6.54 Å². The maximum Gasteiger partial charge on any atom is 0.253 e. The van der Waals surface area contributed by atoms with E-state index in [1.54, 1.807) is 30.5 Å². The highest BCUT2D eigenvalue weighted by molar-refractivity contribution is 5.94. The van der Waals surface area contributed by atoms with Crippen molar-refractivity contribution in [3.05, 3.63) is 42.1 Å². The van der Waals surface area contributed by atoms with Crippen molar-refractivity contribution >= 4 is 5.91 Å². The Bertz CT molecular complexity index is 608. The minimum atomic E-state index is -2.60. The molecule has 20 heavy (non-hydrogen) atoms. The highest BCUT2D eigenvalue weighted by atomic mass is 19.3. The van der Waals surface area contributed by atoms with Crippen molar-refractivity contribution in [1.82, 2.24) is 15.5 Å². The number of rotatable bonds is 4. The van der Waals surface area contributed by atoms with Gasteiger partial charge < -0.3 is 5.32 Å². The fourth-order valence-electron chi connectivity index (χ4n) is 2.03. The Kier molecular flexibility index (Phi) is 3.00. The van der Waals surface area contributed by atoms with Gasteiger partial charge in [0.15, 0.2) is 0 Å². The van der Waals surface area contributed by atoms with Crippen molar-refractivity contribution < 1.29 is 13.6 Å². The van der Waals surface area contributed by atoms with Crippen molar-refractivity contribution in [2.45, 2.75) is 12.3 Å². The third-order valence-corrected chi connectivity index (χ3v) is 3.42. The first kappa shape index (κ1) is 12.8. The largest absolute Gasteiger partial charge is 0.352 e. The second-order valence-electron chi connectivity index (χ2n) is 4.92. The zero-order valence-corrected chi connectivity index (χ0v) is 10.6. The lowest BCUT2D eigenvalue weighted by atomic mass is 10.1. The first-order chi connectivity index (χ1) is 9.56. The number of halogens is 2. The van der Waals surface area contributed by atoms with Crippen LogP contribution in [0.4, 0.5) is 8.78 Å². The first-order valence-corrected chi connectivity index (χ1v) is 6.32. The van der Waals surface area contributed by atoms with Gasteiger partial charge in [0.2, 0.25) is 0 Å². The third kappa shape index (κ3) is 2.54. The van der Waals surface area contributed by atoms with Crippen LogP contribution in [0.25, 0.3) is 11.3 Å². The predicted molar refractivity (Wildman–Crippen MR) is 69.4 cm³/mol. The van der Waals surface area contributed by atoms with Crippen LogP contribution >= 0.6 is 0 Å². The molecule has 1 atom stereocenters. The molecule has 104 valence electrons. The number of nitrogens with zero attached hydrogens (tertiary/aromatic N) is 1. The number of aromatic nitrogens is 2. The Morgan fingerprint density at radius 2 is 2.05 bits per heavy atom. The number of alkyl halides is 2. The fourth-order valence-corrected chi connectivity index (χ4v) is 2.03. The molecule has 0 spiro atoms. The van der Waals surface area contributed by atoms with Crippen molar-refractivity contribution in [2.24, 2.45) is 5.92 Å². The van der Waals surface area contributed by atoms with Crippen LogP contribution in [0.3, 0.4) is 0 Å². The van der Waals surface area contributed by atoms with Gasteiger partial charge in [-0.05, 0) is 23.8 Å². The SMILES string of the molecule is O=C(NCC1CC1(F)F)c1ccc(-c2ccn[nH]2)cc1. The number of hydrogen-bond acceptors (Lipinski definition) is 2. The number of amides is 1. The number of carbonyl (C=O) groups is 1. The molecule has 2 N–H and O–H groups in total.